The smallest absolute Gasteiger partial charge is 0.251 e. The molecule has 1 amide bonds. The zero-order valence-corrected chi connectivity index (χ0v) is 27.8. The predicted octanol–water partition coefficient (Wildman–Crippen LogP) is 8.26. The number of benzene rings is 5. The van der Waals surface area contributed by atoms with Crippen LogP contribution in [0.1, 0.15) is 70.5 Å². The van der Waals surface area contributed by atoms with Gasteiger partial charge in [-0.2, -0.15) is 0 Å². The van der Waals surface area contributed by atoms with Gasteiger partial charge < -0.3 is 19.9 Å². The van der Waals surface area contributed by atoms with Gasteiger partial charge in [-0.25, -0.2) is 0 Å². The van der Waals surface area contributed by atoms with Gasteiger partial charge in [0.2, 0.25) is 0 Å². The van der Waals surface area contributed by atoms with Crippen LogP contribution >= 0.6 is 0 Å². The number of carbonyl (C=O) groups excluding carboxylic acids is 1. The van der Waals surface area contributed by atoms with Crippen LogP contribution in [0.3, 0.4) is 0 Å². The standard InChI is InChI=1S/C42H44N2O4/c1-29-39(27-44(3)30(2)32-12-6-4-7-13-32)47-42(48-40(29)34-20-18-31(28-45)19-21-34)36-24-22-33(23-25-36)38-17-11-10-16-37(38)26-43-41(46)35-14-8-5-9-15-35/h4-25,29-30,39-40,42,45H,26-28H2,1-3H3,(H,43,46)/t29-,30-,39+,40+,42+/m0/s1. The molecule has 6 nitrogen and oxygen atoms in total. The maximum atomic E-state index is 12.7. The highest BCUT2D eigenvalue weighted by Gasteiger charge is 2.39. The average Bonchev–Trinajstić information content (AvgIpc) is 3.15. The Kier molecular flexibility index (Phi) is 10.8. The predicted molar refractivity (Wildman–Crippen MR) is 190 cm³/mol. The van der Waals surface area contributed by atoms with E-state index < -0.39 is 6.29 Å². The highest BCUT2D eigenvalue weighted by Crippen LogP contribution is 2.42. The number of likely N-dealkylation sites (N-methyl/N-ethyl adjacent to an activating group) is 1. The van der Waals surface area contributed by atoms with Crippen molar-refractivity contribution < 1.29 is 19.4 Å². The molecule has 0 unspecified atom stereocenters. The Labute approximate surface area is 284 Å². The summed E-state index contributed by atoms with van der Waals surface area (Å²) in [4.78, 5) is 15.1. The number of nitrogens with zero attached hydrogens (tertiary/aromatic N) is 1. The molecule has 5 aromatic rings. The first-order valence-electron chi connectivity index (χ1n) is 16.7. The zero-order valence-electron chi connectivity index (χ0n) is 27.8. The van der Waals surface area contributed by atoms with E-state index in [-0.39, 0.29) is 36.7 Å². The topological polar surface area (TPSA) is 71.0 Å². The molecule has 0 spiro atoms. The van der Waals surface area contributed by atoms with Crippen LogP contribution in [0.5, 0.6) is 0 Å². The fourth-order valence-electron chi connectivity index (χ4n) is 6.40. The Morgan fingerprint density at radius 3 is 2.10 bits per heavy atom. The van der Waals surface area contributed by atoms with Gasteiger partial charge in [0, 0.05) is 36.2 Å². The second-order valence-electron chi connectivity index (χ2n) is 12.7. The van der Waals surface area contributed by atoms with E-state index in [0.29, 0.717) is 12.1 Å². The van der Waals surface area contributed by atoms with Crippen molar-refractivity contribution in [3.05, 3.63) is 167 Å². The third-order valence-corrected chi connectivity index (χ3v) is 9.52. The molecule has 2 N–H and O–H groups in total. The van der Waals surface area contributed by atoms with Crippen LogP contribution in [-0.4, -0.2) is 35.6 Å². The first kappa shape index (κ1) is 33.3. The van der Waals surface area contributed by atoms with Crippen molar-refractivity contribution in [1.82, 2.24) is 10.2 Å². The minimum atomic E-state index is -0.552. The Balaban J connectivity index is 1.22. The van der Waals surface area contributed by atoms with E-state index in [1.807, 2.05) is 66.7 Å². The van der Waals surface area contributed by atoms with Crippen molar-refractivity contribution >= 4 is 5.91 Å². The molecule has 0 radical (unpaired) electrons. The molecule has 1 fully saturated rings. The van der Waals surface area contributed by atoms with Crippen LogP contribution in [0.25, 0.3) is 11.1 Å². The number of rotatable bonds is 11. The van der Waals surface area contributed by atoms with Gasteiger partial charge in [0.15, 0.2) is 6.29 Å². The molecule has 1 aliphatic heterocycles. The summed E-state index contributed by atoms with van der Waals surface area (Å²) < 4.78 is 13.5. The summed E-state index contributed by atoms with van der Waals surface area (Å²) in [6.07, 6.45) is -0.824. The van der Waals surface area contributed by atoms with E-state index in [4.69, 9.17) is 9.47 Å². The van der Waals surface area contributed by atoms with Crippen molar-refractivity contribution in [3.8, 4) is 11.1 Å². The van der Waals surface area contributed by atoms with Crippen LogP contribution < -0.4 is 5.32 Å². The maximum Gasteiger partial charge on any atom is 0.251 e. The van der Waals surface area contributed by atoms with Crippen LogP contribution in [0.15, 0.2) is 133 Å². The molecule has 1 aliphatic rings. The number of aliphatic hydroxyl groups is 1. The lowest BCUT2D eigenvalue weighted by molar-refractivity contribution is -0.276. The second kappa shape index (κ2) is 15.5. The molecule has 0 aromatic heterocycles. The Bertz CT molecular complexity index is 1760. The SMILES string of the molecule is C[C@H]1[C@@H](CN(C)[C@@H](C)c2ccccc2)O[C@@H](c2ccc(-c3ccccc3CNC(=O)c3ccccc3)cc2)O[C@H]1c1ccc(CO)cc1. The van der Waals surface area contributed by atoms with E-state index in [0.717, 1.165) is 39.9 Å². The summed E-state index contributed by atoms with van der Waals surface area (Å²) >= 11 is 0. The monoisotopic (exact) mass is 640 g/mol. The molecule has 6 heteroatoms. The summed E-state index contributed by atoms with van der Waals surface area (Å²) in [6, 6.07) is 44.6. The van der Waals surface area contributed by atoms with Crippen molar-refractivity contribution in [2.45, 2.75) is 51.5 Å². The van der Waals surface area contributed by atoms with Gasteiger partial charge in [0.1, 0.15) is 0 Å². The van der Waals surface area contributed by atoms with Crippen LogP contribution in [0.2, 0.25) is 0 Å². The number of aliphatic hydroxyl groups excluding tert-OH is 1. The molecule has 0 aliphatic carbocycles. The van der Waals surface area contributed by atoms with Gasteiger partial charge in [0.25, 0.3) is 5.91 Å². The van der Waals surface area contributed by atoms with Crippen molar-refractivity contribution in [3.63, 3.8) is 0 Å². The minimum absolute atomic E-state index is 0.00671. The lowest BCUT2D eigenvalue weighted by atomic mass is 9.89. The molecule has 1 saturated heterocycles. The molecule has 5 aromatic carbocycles. The van der Waals surface area contributed by atoms with E-state index in [2.05, 4.69) is 97.8 Å². The first-order valence-corrected chi connectivity index (χ1v) is 16.7. The summed E-state index contributed by atoms with van der Waals surface area (Å²) in [5.41, 5.74) is 7.95. The summed E-state index contributed by atoms with van der Waals surface area (Å²) in [5, 5.41) is 12.7. The highest BCUT2D eigenvalue weighted by molar-refractivity contribution is 5.94. The van der Waals surface area contributed by atoms with Crippen LogP contribution in [-0.2, 0) is 22.6 Å². The maximum absolute atomic E-state index is 12.7. The Morgan fingerprint density at radius 1 is 0.792 bits per heavy atom. The highest BCUT2D eigenvalue weighted by atomic mass is 16.7. The normalized spacial score (nSPS) is 19.9. The van der Waals surface area contributed by atoms with Gasteiger partial charge in [-0.1, -0.05) is 128 Å². The fraction of sp³-hybridized carbons (Fsp3) is 0.262. The van der Waals surface area contributed by atoms with E-state index in [1.54, 1.807) is 0 Å². The van der Waals surface area contributed by atoms with Crippen LogP contribution in [0.4, 0.5) is 0 Å². The van der Waals surface area contributed by atoms with Crippen molar-refractivity contribution in [1.29, 1.82) is 0 Å². The largest absolute Gasteiger partial charge is 0.392 e. The zero-order chi connectivity index (χ0) is 33.5. The van der Waals surface area contributed by atoms with Gasteiger partial charge in [-0.15, -0.1) is 0 Å². The van der Waals surface area contributed by atoms with E-state index >= 15 is 0 Å². The van der Waals surface area contributed by atoms with E-state index in [9.17, 15) is 9.90 Å². The first-order chi connectivity index (χ1) is 23.4. The third-order valence-electron chi connectivity index (χ3n) is 9.52. The molecular weight excluding hydrogens is 596 g/mol. The number of nitrogens with one attached hydrogen (secondary N) is 1. The molecule has 5 atom stereocenters. The second-order valence-corrected chi connectivity index (χ2v) is 12.7. The summed E-state index contributed by atoms with van der Waals surface area (Å²) in [5.74, 6) is -0.00983. The van der Waals surface area contributed by atoms with E-state index in [1.165, 1.54) is 5.56 Å². The lowest BCUT2D eigenvalue weighted by Crippen LogP contribution is -2.44. The molecule has 48 heavy (non-hydrogen) atoms. The molecule has 0 bridgehead atoms. The third kappa shape index (κ3) is 7.75. The molecule has 0 saturated carbocycles. The molecule has 246 valence electrons. The number of ether oxygens (including phenoxy) is 2. The summed E-state index contributed by atoms with van der Waals surface area (Å²) in [6.45, 7) is 5.59. The van der Waals surface area contributed by atoms with Gasteiger partial charge in [0.05, 0.1) is 18.8 Å². The number of hydrogen-bond acceptors (Lipinski definition) is 5. The molecule has 1 heterocycles. The number of hydrogen-bond donors (Lipinski definition) is 2. The number of carbonyl (C=O) groups is 1. The Hall–Kier alpha value is -4.59. The Morgan fingerprint density at radius 2 is 1.42 bits per heavy atom. The fourth-order valence-corrected chi connectivity index (χ4v) is 6.40. The van der Waals surface area contributed by atoms with Crippen molar-refractivity contribution in [2.24, 2.45) is 5.92 Å². The lowest BCUT2D eigenvalue weighted by Gasteiger charge is -2.43. The number of amides is 1. The van der Waals surface area contributed by atoms with Gasteiger partial charge in [-0.3, -0.25) is 9.69 Å². The summed E-state index contributed by atoms with van der Waals surface area (Å²) in [7, 11) is 2.15. The van der Waals surface area contributed by atoms with Gasteiger partial charge >= 0.3 is 0 Å². The minimum Gasteiger partial charge on any atom is -0.392 e. The average molecular weight is 641 g/mol. The molecule has 6 rings (SSSR count). The van der Waals surface area contributed by atoms with Gasteiger partial charge in [-0.05, 0) is 59.5 Å². The quantitative estimate of drug-likeness (QED) is 0.152. The molecular formula is C42H44N2O4. The van der Waals surface area contributed by atoms with Crippen LogP contribution in [0, 0.1) is 5.92 Å². The van der Waals surface area contributed by atoms with Crippen molar-refractivity contribution in [2.75, 3.05) is 13.6 Å².